The van der Waals surface area contributed by atoms with Crippen LogP contribution < -0.4 is 4.74 Å². The lowest BCUT2D eigenvalue weighted by molar-refractivity contribution is 0.158. The van der Waals surface area contributed by atoms with E-state index in [1.165, 1.54) is 12.5 Å². The van der Waals surface area contributed by atoms with Gasteiger partial charge >= 0.3 is 0 Å². The van der Waals surface area contributed by atoms with Crippen LogP contribution in [0, 0.1) is 17.6 Å². The summed E-state index contributed by atoms with van der Waals surface area (Å²) in [6.07, 6.45) is 6.60. The second-order valence-electron chi connectivity index (χ2n) is 5.51. The Morgan fingerprint density at radius 2 is 2.23 bits per heavy atom. The predicted molar refractivity (Wildman–Crippen MR) is 86.5 cm³/mol. The highest BCUT2D eigenvalue weighted by Gasteiger charge is 2.17. The summed E-state index contributed by atoms with van der Waals surface area (Å²) in [7, 11) is -0.759. The van der Waals surface area contributed by atoms with Crippen LogP contribution in [0.3, 0.4) is 0 Å². The van der Waals surface area contributed by atoms with Gasteiger partial charge in [-0.1, -0.05) is 32.1 Å². The van der Waals surface area contributed by atoms with Crippen molar-refractivity contribution < 1.29 is 18.3 Å². The predicted octanol–water partition coefficient (Wildman–Crippen LogP) is 3.83. The van der Waals surface area contributed by atoms with Crippen molar-refractivity contribution in [3.8, 4) is 5.75 Å². The molecule has 0 saturated heterocycles. The number of hydrogen-bond donors (Lipinski definition) is 0. The molecule has 1 aliphatic rings. The van der Waals surface area contributed by atoms with Crippen LogP contribution in [0.1, 0.15) is 31.7 Å². The molecule has 0 aliphatic carbocycles. The molecular weight excluding hydrogens is 302 g/mol. The first kappa shape index (κ1) is 16.7. The van der Waals surface area contributed by atoms with E-state index in [0.717, 1.165) is 31.1 Å². The molecule has 0 radical (unpaired) electrons. The van der Waals surface area contributed by atoms with Crippen LogP contribution in [0.4, 0.5) is 8.78 Å². The monoisotopic (exact) mass is 324 g/mol. The van der Waals surface area contributed by atoms with E-state index in [0.29, 0.717) is 17.5 Å². The summed E-state index contributed by atoms with van der Waals surface area (Å²) in [4.78, 5) is 0. The molecule has 2 rings (SSSR count). The normalized spacial score (nSPS) is 18.1. The molecule has 1 unspecified atom stereocenters. The van der Waals surface area contributed by atoms with Gasteiger partial charge in [0.1, 0.15) is 9.52 Å². The van der Waals surface area contributed by atoms with Gasteiger partial charge in [-0.3, -0.25) is 0 Å². The van der Waals surface area contributed by atoms with Crippen molar-refractivity contribution >= 4 is 9.52 Å². The molecule has 0 spiro atoms. The summed E-state index contributed by atoms with van der Waals surface area (Å²) in [6.45, 7) is 6.27. The summed E-state index contributed by atoms with van der Waals surface area (Å²) < 4.78 is 38.3. The zero-order chi connectivity index (χ0) is 15.9. The number of ether oxygens (including phenoxy) is 2. The Balaban J connectivity index is 1.95. The second-order valence-corrected chi connectivity index (χ2v) is 7.20. The second kappa shape index (κ2) is 8.13. The number of allylic oxidation sites excluding steroid dienone is 1. The SMILES string of the molecule is C=COc1ccc(C[SiH2]C2=CCC(CCC)CO2)c(F)c1F. The topological polar surface area (TPSA) is 18.5 Å². The first-order valence-corrected chi connectivity index (χ1v) is 9.42. The minimum atomic E-state index is -0.951. The molecule has 22 heavy (non-hydrogen) atoms. The Morgan fingerprint density at radius 1 is 1.41 bits per heavy atom. The van der Waals surface area contributed by atoms with Crippen molar-refractivity contribution in [1.29, 1.82) is 0 Å². The van der Waals surface area contributed by atoms with Gasteiger partial charge in [-0.25, -0.2) is 4.39 Å². The fourth-order valence-electron chi connectivity index (χ4n) is 2.64. The maximum Gasteiger partial charge on any atom is 0.201 e. The molecule has 1 aromatic rings. The van der Waals surface area contributed by atoms with Crippen LogP contribution in [-0.2, 0) is 10.8 Å². The highest BCUT2D eigenvalue weighted by molar-refractivity contribution is 6.43. The van der Waals surface area contributed by atoms with E-state index in [9.17, 15) is 8.78 Å². The molecule has 0 N–H and O–H groups in total. The minimum absolute atomic E-state index is 0.131. The van der Waals surface area contributed by atoms with Gasteiger partial charge in [-0.2, -0.15) is 4.39 Å². The van der Waals surface area contributed by atoms with E-state index in [1.807, 2.05) is 0 Å². The molecular formula is C17H22F2O2Si. The number of rotatable bonds is 7. The summed E-state index contributed by atoms with van der Waals surface area (Å²) in [6, 6.07) is 3.56. The van der Waals surface area contributed by atoms with Crippen LogP contribution in [-0.4, -0.2) is 16.1 Å². The van der Waals surface area contributed by atoms with Gasteiger partial charge in [-0.15, -0.1) is 0 Å². The molecule has 1 aliphatic heterocycles. The molecule has 0 amide bonds. The zero-order valence-electron chi connectivity index (χ0n) is 12.9. The third-order valence-corrected chi connectivity index (χ3v) is 5.63. The number of hydrogen-bond acceptors (Lipinski definition) is 2. The Morgan fingerprint density at radius 3 is 2.86 bits per heavy atom. The van der Waals surface area contributed by atoms with E-state index in [1.54, 1.807) is 6.07 Å². The van der Waals surface area contributed by atoms with Crippen LogP contribution in [0.5, 0.6) is 5.75 Å². The summed E-state index contributed by atoms with van der Waals surface area (Å²) >= 11 is 0. The van der Waals surface area contributed by atoms with E-state index in [4.69, 9.17) is 9.47 Å². The van der Waals surface area contributed by atoms with Gasteiger partial charge in [0.25, 0.3) is 0 Å². The molecule has 0 bridgehead atoms. The quantitative estimate of drug-likeness (QED) is 0.560. The fourth-order valence-corrected chi connectivity index (χ4v) is 4.17. The van der Waals surface area contributed by atoms with Crippen molar-refractivity contribution in [2.45, 2.75) is 32.2 Å². The summed E-state index contributed by atoms with van der Waals surface area (Å²) in [5.41, 5.74) is 0.390. The molecule has 0 fully saturated rings. The lowest BCUT2D eigenvalue weighted by Crippen LogP contribution is -2.18. The molecule has 2 nitrogen and oxygen atoms in total. The molecule has 5 heteroatoms. The Bertz CT molecular complexity index is 558. The molecule has 0 saturated carbocycles. The third-order valence-electron chi connectivity index (χ3n) is 3.86. The zero-order valence-corrected chi connectivity index (χ0v) is 14.3. The van der Waals surface area contributed by atoms with Crippen LogP contribution in [0.25, 0.3) is 0 Å². The smallest absolute Gasteiger partial charge is 0.201 e. The van der Waals surface area contributed by atoms with Gasteiger partial charge in [-0.05, 0) is 36.4 Å². The lowest BCUT2D eigenvalue weighted by Gasteiger charge is -2.22. The minimum Gasteiger partial charge on any atom is -0.504 e. The van der Waals surface area contributed by atoms with Crippen molar-refractivity contribution in [2.24, 2.45) is 5.92 Å². The van der Waals surface area contributed by atoms with Crippen molar-refractivity contribution in [3.05, 3.63) is 53.6 Å². The fraction of sp³-hybridized carbons (Fsp3) is 0.412. The van der Waals surface area contributed by atoms with E-state index in [2.05, 4.69) is 19.6 Å². The molecule has 1 aromatic carbocycles. The Hall–Kier alpha value is -1.62. The van der Waals surface area contributed by atoms with Crippen LogP contribution in [0.15, 0.2) is 36.4 Å². The highest BCUT2D eigenvalue weighted by atomic mass is 28.2. The van der Waals surface area contributed by atoms with Crippen molar-refractivity contribution in [2.75, 3.05) is 6.61 Å². The van der Waals surface area contributed by atoms with E-state index in [-0.39, 0.29) is 5.75 Å². The summed E-state index contributed by atoms with van der Waals surface area (Å²) in [5, 5.41) is 1.01. The first-order chi connectivity index (χ1) is 10.7. The third kappa shape index (κ3) is 4.19. The van der Waals surface area contributed by atoms with Gasteiger partial charge in [0.2, 0.25) is 5.82 Å². The van der Waals surface area contributed by atoms with Crippen LogP contribution in [0.2, 0.25) is 0 Å². The van der Waals surface area contributed by atoms with Crippen molar-refractivity contribution in [3.63, 3.8) is 0 Å². The molecule has 1 heterocycles. The molecule has 1 atom stereocenters. The lowest BCUT2D eigenvalue weighted by atomic mass is 10.00. The van der Waals surface area contributed by atoms with E-state index < -0.39 is 21.2 Å². The van der Waals surface area contributed by atoms with Gasteiger partial charge in [0, 0.05) is 0 Å². The number of benzene rings is 1. The van der Waals surface area contributed by atoms with Gasteiger partial charge in [0.05, 0.1) is 18.3 Å². The first-order valence-electron chi connectivity index (χ1n) is 7.72. The van der Waals surface area contributed by atoms with E-state index >= 15 is 0 Å². The maximum absolute atomic E-state index is 14.0. The highest BCUT2D eigenvalue weighted by Crippen LogP contribution is 2.24. The van der Waals surface area contributed by atoms with Crippen LogP contribution >= 0.6 is 0 Å². The van der Waals surface area contributed by atoms with Crippen molar-refractivity contribution in [1.82, 2.24) is 0 Å². The standard InChI is InChI=1S/C17H22F2O2Si/c1-3-5-12-6-9-15(21-10-12)22-11-13-7-8-14(20-4-2)17(19)16(13)18/h4,7-9,12H,2-3,5-6,10-11,22H2,1H3. The largest absolute Gasteiger partial charge is 0.504 e. The van der Waals surface area contributed by atoms with Gasteiger partial charge < -0.3 is 9.47 Å². The average molecular weight is 324 g/mol. The van der Waals surface area contributed by atoms with Gasteiger partial charge in [0.15, 0.2) is 11.6 Å². The molecule has 0 aromatic heterocycles. The maximum atomic E-state index is 14.0. The Labute approximate surface area is 132 Å². The average Bonchev–Trinajstić information content (AvgIpc) is 2.53. The number of halogens is 2. The summed E-state index contributed by atoms with van der Waals surface area (Å²) in [5.74, 6) is -1.30. The molecule has 120 valence electrons. The Kier molecular flexibility index (Phi) is 6.18.